The predicted octanol–water partition coefficient (Wildman–Crippen LogP) is 5.08. The van der Waals surface area contributed by atoms with E-state index in [0.29, 0.717) is 31.1 Å². The molecule has 9 heteroatoms. The highest BCUT2D eigenvalue weighted by molar-refractivity contribution is 5.99. The number of hydrogen-bond acceptors (Lipinski definition) is 4. The Balaban J connectivity index is 2.26. The van der Waals surface area contributed by atoms with E-state index in [1.807, 2.05) is 27.7 Å². The Kier molecular flexibility index (Phi) is 13.9. The molecule has 4 atom stereocenters. The molecule has 2 aromatic carbocycles. The van der Waals surface area contributed by atoms with Crippen LogP contribution in [0.25, 0.3) is 0 Å². The molecule has 0 bridgehead atoms. The minimum atomic E-state index is -1.00. The van der Waals surface area contributed by atoms with E-state index in [2.05, 4.69) is 10.6 Å². The Morgan fingerprint density at radius 2 is 1.59 bits per heavy atom. The molecule has 2 rings (SSSR count). The van der Waals surface area contributed by atoms with Gasteiger partial charge in [-0.05, 0) is 61.4 Å². The van der Waals surface area contributed by atoms with E-state index in [9.17, 15) is 23.2 Å². The van der Waals surface area contributed by atoms with Gasteiger partial charge in [0.1, 0.15) is 0 Å². The van der Waals surface area contributed by atoms with Gasteiger partial charge >= 0.3 is 0 Å². The summed E-state index contributed by atoms with van der Waals surface area (Å²) in [4.78, 5) is 40.9. The summed E-state index contributed by atoms with van der Waals surface area (Å²) in [5, 5.41) is 5.79. The SMILES string of the molecule is CCCN(CCC)C(=O)c1cccc(C(=O)N[C@@H](Cc2cccc(F)c2F)[C@@H](N)C[C@@H](C)C(=O)NC[C@@H](C)CC)c1. The van der Waals surface area contributed by atoms with Crippen LogP contribution < -0.4 is 16.4 Å². The third-order valence-electron chi connectivity index (χ3n) is 7.35. The van der Waals surface area contributed by atoms with Crippen LogP contribution in [-0.4, -0.2) is 54.3 Å². The first kappa shape index (κ1) is 33.9. The maximum atomic E-state index is 14.6. The van der Waals surface area contributed by atoms with Crippen molar-refractivity contribution in [2.75, 3.05) is 19.6 Å². The summed E-state index contributed by atoms with van der Waals surface area (Å²) in [6, 6.07) is 8.77. The van der Waals surface area contributed by atoms with Gasteiger partial charge in [-0.1, -0.05) is 59.2 Å². The van der Waals surface area contributed by atoms with Crippen molar-refractivity contribution in [3.63, 3.8) is 0 Å². The maximum absolute atomic E-state index is 14.6. The molecule has 0 radical (unpaired) electrons. The first-order chi connectivity index (χ1) is 19.5. The van der Waals surface area contributed by atoms with Crippen molar-refractivity contribution in [3.8, 4) is 0 Å². The molecular weight excluding hydrogens is 526 g/mol. The molecule has 0 heterocycles. The number of nitrogens with one attached hydrogen (secondary N) is 2. The van der Waals surface area contributed by atoms with Crippen LogP contribution in [0.3, 0.4) is 0 Å². The van der Waals surface area contributed by atoms with Crippen LogP contribution in [0.15, 0.2) is 42.5 Å². The van der Waals surface area contributed by atoms with Crippen molar-refractivity contribution in [2.45, 2.75) is 78.8 Å². The average molecular weight is 573 g/mol. The molecule has 4 N–H and O–H groups in total. The molecular formula is C32H46F2N4O3. The van der Waals surface area contributed by atoms with Gasteiger partial charge in [0, 0.05) is 48.8 Å². The number of rotatable bonds is 16. The van der Waals surface area contributed by atoms with Crippen LogP contribution in [0.1, 0.15) is 86.6 Å². The normalized spacial score (nSPS) is 14.0. The van der Waals surface area contributed by atoms with E-state index >= 15 is 0 Å². The van der Waals surface area contributed by atoms with Crippen molar-refractivity contribution in [1.82, 2.24) is 15.5 Å². The maximum Gasteiger partial charge on any atom is 0.253 e. The third-order valence-corrected chi connectivity index (χ3v) is 7.35. The summed E-state index contributed by atoms with van der Waals surface area (Å²) < 4.78 is 28.6. The molecule has 0 saturated carbocycles. The largest absolute Gasteiger partial charge is 0.356 e. The molecule has 0 fully saturated rings. The zero-order valence-electron chi connectivity index (χ0n) is 25.0. The first-order valence-corrected chi connectivity index (χ1v) is 14.7. The van der Waals surface area contributed by atoms with Gasteiger partial charge in [-0.2, -0.15) is 0 Å². The summed E-state index contributed by atoms with van der Waals surface area (Å²) in [7, 11) is 0. The summed E-state index contributed by atoms with van der Waals surface area (Å²) >= 11 is 0. The number of nitrogens with two attached hydrogens (primary N) is 1. The molecule has 0 aromatic heterocycles. The third kappa shape index (κ3) is 10.2. The minimum Gasteiger partial charge on any atom is -0.356 e. The summed E-state index contributed by atoms with van der Waals surface area (Å²) in [6.45, 7) is 11.6. The van der Waals surface area contributed by atoms with Gasteiger partial charge in [0.15, 0.2) is 11.6 Å². The Morgan fingerprint density at radius 3 is 2.22 bits per heavy atom. The summed E-state index contributed by atoms with van der Waals surface area (Å²) in [5.74, 6) is -2.93. The molecule has 2 aromatic rings. The smallest absolute Gasteiger partial charge is 0.253 e. The second-order valence-electron chi connectivity index (χ2n) is 10.9. The number of amides is 3. The summed E-state index contributed by atoms with van der Waals surface area (Å²) in [6.07, 6.45) is 2.71. The molecule has 0 unspecified atom stereocenters. The van der Waals surface area contributed by atoms with Gasteiger partial charge in [0.05, 0.1) is 0 Å². The first-order valence-electron chi connectivity index (χ1n) is 14.7. The summed E-state index contributed by atoms with van der Waals surface area (Å²) in [5.41, 5.74) is 7.22. The average Bonchev–Trinajstić information content (AvgIpc) is 2.96. The standard InChI is InChI=1S/C32H46F2N4O3/c1-6-15-38(16-7-2)32(41)25-13-9-12-24(18-25)31(40)37-28(19-23-11-10-14-26(33)29(23)34)27(35)17-22(5)30(39)36-20-21(4)8-3/h9-14,18,21-22,27-28H,6-8,15-17,19-20,35H2,1-5H3,(H,36,39)(H,37,40)/t21-,22+,27-,28-/m0/s1. The van der Waals surface area contributed by atoms with Gasteiger partial charge < -0.3 is 21.3 Å². The van der Waals surface area contributed by atoms with Gasteiger partial charge in [-0.15, -0.1) is 0 Å². The van der Waals surface area contributed by atoms with Crippen LogP contribution in [0, 0.1) is 23.5 Å². The highest BCUT2D eigenvalue weighted by Gasteiger charge is 2.27. The zero-order chi connectivity index (χ0) is 30.5. The minimum absolute atomic E-state index is 0.0679. The van der Waals surface area contributed by atoms with Crippen molar-refractivity contribution < 1.29 is 23.2 Å². The van der Waals surface area contributed by atoms with E-state index in [0.717, 1.165) is 25.3 Å². The molecule has 7 nitrogen and oxygen atoms in total. The van der Waals surface area contributed by atoms with Crippen molar-refractivity contribution in [3.05, 3.63) is 70.8 Å². The fourth-order valence-corrected chi connectivity index (χ4v) is 4.61. The van der Waals surface area contributed by atoms with Gasteiger partial charge in [0.25, 0.3) is 11.8 Å². The van der Waals surface area contributed by atoms with Crippen LogP contribution in [0.2, 0.25) is 0 Å². The topological polar surface area (TPSA) is 105 Å². The van der Waals surface area contributed by atoms with Crippen LogP contribution in [-0.2, 0) is 11.2 Å². The molecule has 0 aliphatic carbocycles. The van der Waals surface area contributed by atoms with Gasteiger partial charge in [0.2, 0.25) is 5.91 Å². The quantitative estimate of drug-likeness (QED) is 0.261. The van der Waals surface area contributed by atoms with Crippen LogP contribution in [0.4, 0.5) is 8.78 Å². The Hall–Kier alpha value is -3.33. The monoisotopic (exact) mass is 572 g/mol. The molecule has 0 saturated heterocycles. The van der Waals surface area contributed by atoms with Crippen LogP contribution >= 0.6 is 0 Å². The Bertz CT molecular complexity index is 1150. The lowest BCUT2D eigenvalue weighted by Crippen LogP contribution is -2.50. The highest BCUT2D eigenvalue weighted by atomic mass is 19.2. The highest BCUT2D eigenvalue weighted by Crippen LogP contribution is 2.18. The Morgan fingerprint density at radius 1 is 0.951 bits per heavy atom. The van der Waals surface area contributed by atoms with E-state index in [1.54, 1.807) is 30.0 Å². The van der Waals surface area contributed by atoms with Crippen molar-refractivity contribution in [1.29, 1.82) is 0 Å². The number of carbonyl (C=O) groups excluding carboxylic acids is 3. The van der Waals surface area contributed by atoms with Gasteiger partial charge in [-0.3, -0.25) is 14.4 Å². The van der Waals surface area contributed by atoms with E-state index in [4.69, 9.17) is 5.73 Å². The fourth-order valence-electron chi connectivity index (χ4n) is 4.61. The fraction of sp³-hybridized carbons (Fsp3) is 0.531. The number of hydrogen-bond donors (Lipinski definition) is 3. The number of nitrogens with zero attached hydrogens (tertiary/aromatic N) is 1. The molecule has 3 amide bonds. The molecule has 0 aliphatic heterocycles. The molecule has 0 aliphatic rings. The van der Waals surface area contributed by atoms with Crippen molar-refractivity contribution in [2.24, 2.45) is 17.6 Å². The Labute approximate surface area is 243 Å². The lowest BCUT2D eigenvalue weighted by Gasteiger charge is -2.28. The number of carbonyl (C=O) groups is 3. The lowest BCUT2D eigenvalue weighted by molar-refractivity contribution is -0.125. The second-order valence-corrected chi connectivity index (χ2v) is 10.9. The van der Waals surface area contributed by atoms with Crippen LogP contribution in [0.5, 0.6) is 0 Å². The van der Waals surface area contributed by atoms with Gasteiger partial charge in [-0.25, -0.2) is 8.78 Å². The number of halogens is 2. The van der Waals surface area contributed by atoms with E-state index in [1.165, 1.54) is 18.2 Å². The second kappa shape index (κ2) is 16.8. The van der Waals surface area contributed by atoms with E-state index in [-0.39, 0.29) is 35.8 Å². The van der Waals surface area contributed by atoms with Crippen molar-refractivity contribution >= 4 is 17.7 Å². The molecule has 0 spiro atoms. The molecule has 226 valence electrons. The predicted molar refractivity (Wildman–Crippen MR) is 158 cm³/mol. The zero-order valence-corrected chi connectivity index (χ0v) is 25.0. The lowest BCUT2D eigenvalue weighted by atomic mass is 9.91. The van der Waals surface area contributed by atoms with E-state index < -0.39 is 35.5 Å². The molecule has 41 heavy (non-hydrogen) atoms. The number of benzene rings is 2.